The number of aromatic nitrogens is 2. The van der Waals surface area contributed by atoms with Crippen molar-refractivity contribution in [3.8, 4) is 0 Å². The summed E-state index contributed by atoms with van der Waals surface area (Å²) in [6.07, 6.45) is 5.15. The molecule has 110 valence electrons. The Morgan fingerprint density at radius 3 is 2.62 bits per heavy atom. The largest absolute Gasteiger partial charge is 0.481 e. The molecule has 0 aliphatic heterocycles. The van der Waals surface area contributed by atoms with E-state index in [-0.39, 0.29) is 12.5 Å². The molecule has 0 fully saturated rings. The van der Waals surface area contributed by atoms with Gasteiger partial charge in [0.05, 0.1) is 12.7 Å². The van der Waals surface area contributed by atoms with Gasteiger partial charge < -0.3 is 20.3 Å². The summed E-state index contributed by atoms with van der Waals surface area (Å²) in [5.74, 6) is -0.882. The van der Waals surface area contributed by atoms with Gasteiger partial charge in [0.1, 0.15) is 0 Å². The molecule has 1 aromatic carbocycles. The summed E-state index contributed by atoms with van der Waals surface area (Å²) in [4.78, 5) is 26.1. The molecule has 0 spiro atoms. The Morgan fingerprint density at radius 2 is 2.00 bits per heavy atom. The number of carbonyl (C=O) groups excluding carboxylic acids is 1. The maximum absolute atomic E-state index is 11.7. The number of imidazole rings is 1. The first-order chi connectivity index (χ1) is 10.1. The fraction of sp³-hybridized carbons (Fsp3) is 0.214. The topological polar surface area (TPSA) is 96.3 Å². The van der Waals surface area contributed by atoms with Crippen LogP contribution in [0.25, 0.3) is 0 Å². The van der Waals surface area contributed by atoms with Crippen molar-refractivity contribution < 1.29 is 14.7 Å². The molecular formula is C14H16N4O3. The molecule has 0 radical (unpaired) electrons. The number of benzene rings is 1. The van der Waals surface area contributed by atoms with Gasteiger partial charge in [0.2, 0.25) is 0 Å². The summed E-state index contributed by atoms with van der Waals surface area (Å²) >= 11 is 0. The van der Waals surface area contributed by atoms with Gasteiger partial charge in [-0.2, -0.15) is 0 Å². The monoisotopic (exact) mass is 288 g/mol. The molecule has 0 saturated heterocycles. The summed E-state index contributed by atoms with van der Waals surface area (Å²) in [5, 5.41) is 14.1. The van der Waals surface area contributed by atoms with E-state index in [0.29, 0.717) is 24.3 Å². The van der Waals surface area contributed by atoms with Crippen LogP contribution in [0.3, 0.4) is 0 Å². The molecule has 0 aliphatic carbocycles. The number of aliphatic carboxylic acids is 1. The molecule has 7 nitrogen and oxygen atoms in total. The summed E-state index contributed by atoms with van der Waals surface area (Å²) < 4.78 is 1.86. The van der Waals surface area contributed by atoms with Crippen LogP contribution in [0.4, 0.5) is 10.5 Å². The van der Waals surface area contributed by atoms with Crippen molar-refractivity contribution >= 4 is 17.7 Å². The van der Waals surface area contributed by atoms with Crippen molar-refractivity contribution in [3.63, 3.8) is 0 Å². The van der Waals surface area contributed by atoms with Gasteiger partial charge in [-0.05, 0) is 17.7 Å². The first-order valence-electron chi connectivity index (χ1n) is 6.45. The number of anilines is 1. The van der Waals surface area contributed by atoms with E-state index in [0.717, 1.165) is 0 Å². The van der Waals surface area contributed by atoms with Gasteiger partial charge in [0.25, 0.3) is 0 Å². The SMILES string of the molecule is O=C(O)Cc1ccc(NC(=O)NCCn2ccnc2)cc1. The maximum Gasteiger partial charge on any atom is 0.319 e. The van der Waals surface area contributed by atoms with E-state index in [1.54, 1.807) is 36.8 Å². The van der Waals surface area contributed by atoms with Gasteiger partial charge in [-0.3, -0.25) is 4.79 Å². The Kier molecular flexibility index (Phi) is 4.92. The van der Waals surface area contributed by atoms with E-state index >= 15 is 0 Å². The van der Waals surface area contributed by atoms with Gasteiger partial charge in [-0.1, -0.05) is 12.1 Å². The average Bonchev–Trinajstić information content (AvgIpc) is 2.93. The number of carbonyl (C=O) groups is 2. The van der Waals surface area contributed by atoms with Gasteiger partial charge in [0, 0.05) is 31.2 Å². The number of nitrogens with zero attached hydrogens (tertiary/aromatic N) is 2. The van der Waals surface area contributed by atoms with Gasteiger partial charge in [-0.25, -0.2) is 9.78 Å². The van der Waals surface area contributed by atoms with Crippen LogP contribution < -0.4 is 10.6 Å². The maximum atomic E-state index is 11.7. The van der Waals surface area contributed by atoms with Crippen LogP contribution in [-0.4, -0.2) is 33.2 Å². The number of hydrogen-bond donors (Lipinski definition) is 3. The average molecular weight is 288 g/mol. The fourth-order valence-corrected chi connectivity index (χ4v) is 1.77. The standard InChI is InChI=1S/C14H16N4O3/c19-13(20)9-11-1-3-12(4-2-11)17-14(21)16-6-8-18-7-5-15-10-18/h1-5,7,10H,6,8-9H2,(H,19,20)(H2,16,17,21). The molecule has 7 heteroatoms. The van der Waals surface area contributed by atoms with Crippen molar-refractivity contribution in [2.24, 2.45) is 0 Å². The van der Waals surface area contributed by atoms with Gasteiger partial charge in [0.15, 0.2) is 0 Å². The lowest BCUT2D eigenvalue weighted by Crippen LogP contribution is -2.31. The van der Waals surface area contributed by atoms with Crippen LogP contribution in [0.2, 0.25) is 0 Å². The Labute approximate surface area is 121 Å². The van der Waals surface area contributed by atoms with Crippen LogP contribution in [0.15, 0.2) is 43.0 Å². The molecule has 1 aromatic heterocycles. The van der Waals surface area contributed by atoms with Gasteiger partial charge in [-0.15, -0.1) is 0 Å². The highest BCUT2D eigenvalue weighted by atomic mass is 16.4. The van der Waals surface area contributed by atoms with E-state index in [1.807, 2.05) is 10.8 Å². The van der Waals surface area contributed by atoms with E-state index in [9.17, 15) is 9.59 Å². The highest BCUT2D eigenvalue weighted by Crippen LogP contribution is 2.09. The molecule has 2 rings (SSSR count). The summed E-state index contributed by atoms with van der Waals surface area (Å²) in [5.41, 5.74) is 1.30. The summed E-state index contributed by atoms with van der Waals surface area (Å²) in [7, 11) is 0. The summed E-state index contributed by atoms with van der Waals surface area (Å²) in [6.45, 7) is 1.13. The minimum Gasteiger partial charge on any atom is -0.481 e. The number of nitrogens with one attached hydrogen (secondary N) is 2. The highest BCUT2D eigenvalue weighted by molar-refractivity contribution is 5.89. The van der Waals surface area contributed by atoms with Crippen LogP contribution in [-0.2, 0) is 17.8 Å². The number of amides is 2. The van der Waals surface area contributed by atoms with Crippen LogP contribution >= 0.6 is 0 Å². The second-order valence-electron chi connectivity index (χ2n) is 4.45. The number of carboxylic acid groups (broad SMARTS) is 1. The zero-order valence-corrected chi connectivity index (χ0v) is 11.3. The van der Waals surface area contributed by atoms with Gasteiger partial charge >= 0.3 is 12.0 Å². The Morgan fingerprint density at radius 1 is 1.24 bits per heavy atom. The number of urea groups is 1. The lowest BCUT2D eigenvalue weighted by Gasteiger charge is -2.08. The smallest absolute Gasteiger partial charge is 0.319 e. The third kappa shape index (κ3) is 4.98. The Bertz CT molecular complexity index is 593. The third-order valence-corrected chi connectivity index (χ3v) is 2.78. The molecule has 0 saturated carbocycles. The molecular weight excluding hydrogens is 272 g/mol. The number of rotatable bonds is 6. The Hall–Kier alpha value is -2.83. The fourth-order valence-electron chi connectivity index (χ4n) is 1.77. The minimum absolute atomic E-state index is 0.0304. The molecule has 3 N–H and O–H groups in total. The molecule has 21 heavy (non-hydrogen) atoms. The second-order valence-corrected chi connectivity index (χ2v) is 4.45. The van der Waals surface area contributed by atoms with Crippen molar-refractivity contribution in [1.82, 2.24) is 14.9 Å². The van der Waals surface area contributed by atoms with E-state index in [2.05, 4.69) is 15.6 Å². The normalized spacial score (nSPS) is 10.1. The zero-order chi connectivity index (χ0) is 15.1. The summed E-state index contributed by atoms with van der Waals surface area (Å²) in [6, 6.07) is 6.40. The predicted octanol–water partition coefficient (Wildman–Crippen LogP) is 1.33. The molecule has 0 unspecified atom stereocenters. The third-order valence-electron chi connectivity index (χ3n) is 2.78. The Balaban J connectivity index is 1.75. The molecule has 0 aliphatic rings. The van der Waals surface area contributed by atoms with E-state index in [1.165, 1.54) is 0 Å². The van der Waals surface area contributed by atoms with Crippen molar-refractivity contribution in [1.29, 1.82) is 0 Å². The first-order valence-corrected chi connectivity index (χ1v) is 6.45. The van der Waals surface area contributed by atoms with Crippen molar-refractivity contribution in [3.05, 3.63) is 48.5 Å². The quantitative estimate of drug-likeness (QED) is 0.747. The molecule has 0 atom stereocenters. The van der Waals surface area contributed by atoms with Crippen LogP contribution in [0.5, 0.6) is 0 Å². The number of carboxylic acids is 1. The van der Waals surface area contributed by atoms with E-state index in [4.69, 9.17) is 5.11 Å². The van der Waals surface area contributed by atoms with Crippen molar-refractivity contribution in [2.75, 3.05) is 11.9 Å². The number of hydrogen-bond acceptors (Lipinski definition) is 3. The predicted molar refractivity (Wildman–Crippen MR) is 77.0 cm³/mol. The first kappa shape index (κ1) is 14.6. The minimum atomic E-state index is -0.882. The van der Waals surface area contributed by atoms with Crippen LogP contribution in [0, 0.1) is 0 Å². The molecule has 2 amide bonds. The second kappa shape index (κ2) is 7.09. The lowest BCUT2D eigenvalue weighted by molar-refractivity contribution is -0.136. The van der Waals surface area contributed by atoms with Crippen LogP contribution in [0.1, 0.15) is 5.56 Å². The molecule has 1 heterocycles. The van der Waals surface area contributed by atoms with E-state index < -0.39 is 5.97 Å². The zero-order valence-electron chi connectivity index (χ0n) is 11.3. The van der Waals surface area contributed by atoms with Crippen molar-refractivity contribution in [2.45, 2.75) is 13.0 Å². The highest BCUT2D eigenvalue weighted by Gasteiger charge is 2.03. The molecule has 2 aromatic rings. The molecule has 0 bridgehead atoms. The lowest BCUT2D eigenvalue weighted by atomic mass is 10.1.